The molecule has 0 aliphatic carbocycles. The Morgan fingerprint density at radius 1 is 0.947 bits per heavy atom. The zero-order chi connectivity index (χ0) is 28.3. The van der Waals surface area contributed by atoms with Gasteiger partial charge in [-0.05, 0) is 60.5 Å². The molecule has 38 heavy (non-hydrogen) atoms. The number of carbonyl (C=O) groups is 1. The molecule has 12 heteroatoms. The lowest BCUT2D eigenvalue weighted by molar-refractivity contribution is -0.137. The van der Waals surface area contributed by atoms with Gasteiger partial charge in [0.2, 0.25) is 10.0 Å². The van der Waals surface area contributed by atoms with Crippen molar-refractivity contribution in [1.29, 1.82) is 0 Å². The fraction of sp³-hybridized carbons (Fsp3) is 0.269. The van der Waals surface area contributed by atoms with Crippen LogP contribution in [0.5, 0.6) is 17.2 Å². The van der Waals surface area contributed by atoms with E-state index >= 15 is 0 Å². The third-order valence-corrected chi connectivity index (χ3v) is 6.95. The van der Waals surface area contributed by atoms with Crippen LogP contribution in [0.3, 0.4) is 0 Å². The summed E-state index contributed by atoms with van der Waals surface area (Å²) in [7, 11) is 0.521. The molecule has 0 radical (unpaired) electrons. The number of nitrogens with zero attached hydrogens (tertiary/aromatic N) is 1. The highest BCUT2D eigenvalue weighted by atomic mass is 32.2. The van der Waals surface area contributed by atoms with E-state index in [1.165, 1.54) is 57.7 Å². The first-order chi connectivity index (χ1) is 17.7. The average Bonchev–Trinajstić information content (AvgIpc) is 2.86. The Hall–Kier alpha value is -3.93. The summed E-state index contributed by atoms with van der Waals surface area (Å²) in [4.78, 5) is 12.9. The van der Waals surface area contributed by atoms with Crippen molar-refractivity contribution in [3.05, 3.63) is 76.9 Å². The second-order valence-corrected chi connectivity index (χ2v) is 10.4. The standard InChI is InChI=1S/C26H27F3N2O6S/c1-16-6-8-19(26(27,28)29)12-18(16)15-37-23-14-20(9-10-21(23)31(2)38(5,33)34)30-25(32)17-7-11-22(35-3)24(13-17)36-4/h6-14H,15H2,1-5H3,(H,30,32). The molecule has 0 heterocycles. The van der Waals surface area contributed by atoms with Crippen LogP contribution in [-0.4, -0.2) is 41.8 Å². The van der Waals surface area contributed by atoms with Crippen molar-refractivity contribution in [2.45, 2.75) is 19.7 Å². The molecule has 0 atom stereocenters. The van der Waals surface area contributed by atoms with E-state index in [4.69, 9.17) is 14.2 Å². The Morgan fingerprint density at radius 2 is 1.63 bits per heavy atom. The van der Waals surface area contributed by atoms with Crippen molar-refractivity contribution >= 4 is 27.3 Å². The molecule has 0 fully saturated rings. The third kappa shape index (κ3) is 6.68. The maximum absolute atomic E-state index is 13.2. The van der Waals surface area contributed by atoms with Crippen LogP contribution in [0.1, 0.15) is 27.0 Å². The molecule has 0 unspecified atom stereocenters. The largest absolute Gasteiger partial charge is 0.493 e. The average molecular weight is 553 g/mol. The number of methoxy groups -OCH3 is 2. The molecular formula is C26H27F3N2O6S. The molecule has 0 spiro atoms. The fourth-order valence-corrected chi connectivity index (χ4v) is 3.99. The highest BCUT2D eigenvalue weighted by Crippen LogP contribution is 2.35. The minimum atomic E-state index is -4.53. The second-order valence-electron chi connectivity index (χ2n) is 8.36. The Labute approximate surface area is 219 Å². The van der Waals surface area contributed by atoms with Gasteiger partial charge in [0.25, 0.3) is 5.91 Å². The highest BCUT2D eigenvalue weighted by Gasteiger charge is 2.31. The van der Waals surface area contributed by atoms with Crippen molar-refractivity contribution in [2.75, 3.05) is 37.1 Å². The predicted molar refractivity (Wildman–Crippen MR) is 138 cm³/mol. The molecule has 204 valence electrons. The van der Waals surface area contributed by atoms with Crippen molar-refractivity contribution in [3.63, 3.8) is 0 Å². The lowest BCUT2D eigenvalue weighted by atomic mass is 10.1. The van der Waals surface area contributed by atoms with Crippen LogP contribution < -0.4 is 23.8 Å². The number of hydrogen-bond acceptors (Lipinski definition) is 6. The van der Waals surface area contributed by atoms with E-state index < -0.39 is 27.7 Å². The Balaban J connectivity index is 1.94. The highest BCUT2D eigenvalue weighted by molar-refractivity contribution is 7.92. The number of carbonyl (C=O) groups excluding carboxylic acids is 1. The number of anilines is 2. The summed E-state index contributed by atoms with van der Waals surface area (Å²) in [6, 6.07) is 12.2. The Bertz CT molecular complexity index is 1440. The van der Waals surface area contributed by atoms with Crippen LogP contribution in [0.25, 0.3) is 0 Å². The van der Waals surface area contributed by atoms with Crippen LogP contribution in [0, 0.1) is 6.92 Å². The van der Waals surface area contributed by atoms with Gasteiger partial charge in [0, 0.05) is 24.4 Å². The number of halogens is 3. The molecule has 3 aromatic rings. The van der Waals surface area contributed by atoms with E-state index in [1.807, 2.05) is 0 Å². The van der Waals surface area contributed by atoms with Crippen LogP contribution in [-0.2, 0) is 22.8 Å². The topological polar surface area (TPSA) is 94.2 Å². The van der Waals surface area contributed by atoms with Gasteiger partial charge in [-0.15, -0.1) is 0 Å². The van der Waals surface area contributed by atoms with Crippen LogP contribution >= 0.6 is 0 Å². The zero-order valence-electron chi connectivity index (χ0n) is 21.3. The molecule has 0 saturated heterocycles. The van der Waals surface area contributed by atoms with E-state index in [1.54, 1.807) is 13.0 Å². The second kappa shape index (κ2) is 11.2. The van der Waals surface area contributed by atoms with E-state index in [0.717, 1.165) is 22.7 Å². The summed E-state index contributed by atoms with van der Waals surface area (Å²) in [5.74, 6) is 0.346. The van der Waals surface area contributed by atoms with Gasteiger partial charge in [-0.25, -0.2) is 8.42 Å². The van der Waals surface area contributed by atoms with Crippen molar-refractivity contribution in [3.8, 4) is 17.2 Å². The zero-order valence-corrected chi connectivity index (χ0v) is 22.2. The van der Waals surface area contributed by atoms with Gasteiger partial charge in [-0.1, -0.05) is 6.07 Å². The first kappa shape index (κ1) is 28.6. The first-order valence-corrected chi connectivity index (χ1v) is 13.0. The van der Waals surface area contributed by atoms with E-state index in [9.17, 15) is 26.4 Å². The van der Waals surface area contributed by atoms with Crippen molar-refractivity contribution < 1.29 is 40.6 Å². The fourth-order valence-electron chi connectivity index (χ4n) is 3.49. The maximum Gasteiger partial charge on any atom is 0.416 e. The number of nitrogens with one attached hydrogen (secondary N) is 1. The van der Waals surface area contributed by atoms with Gasteiger partial charge in [0.05, 0.1) is 31.7 Å². The normalized spacial score (nSPS) is 11.6. The predicted octanol–water partition coefficient (Wildman–Crippen LogP) is 5.26. The number of rotatable bonds is 9. The van der Waals surface area contributed by atoms with Crippen LogP contribution in [0.15, 0.2) is 54.6 Å². The molecule has 1 amide bonds. The SMILES string of the molecule is COc1ccc(C(=O)Nc2ccc(N(C)S(C)(=O)=O)c(OCc3cc(C(F)(F)F)ccc3C)c2)cc1OC. The van der Waals surface area contributed by atoms with E-state index in [-0.39, 0.29) is 34.9 Å². The smallest absolute Gasteiger partial charge is 0.416 e. The van der Waals surface area contributed by atoms with Gasteiger partial charge >= 0.3 is 6.18 Å². The van der Waals surface area contributed by atoms with Gasteiger partial charge < -0.3 is 19.5 Å². The summed E-state index contributed by atoms with van der Waals surface area (Å²) in [6.45, 7) is 1.37. The minimum Gasteiger partial charge on any atom is -0.493 e. The Kier molecular flexibility index (Phi) is 8.45. The summed E-state index contributed by atoms with van der Waals surface area (Å²) in [5, 5.41) is 2.70. The number of alkyl halides is 3. The molecule has 1 N–H and O–H groups in total. The molecular weight excluding hydrogens is 525 g/mol. The summed E-state index contributed by atoms with van der Waals surface area (Å²) in [6.07, 6.45) is -3.53. The molecule has 3 aromatic carbocycles. The monoisotopic (exact) mass is 552 g/mol. The number of sulfonamides is 1. The summed E-state index contributed by atoms with van der Waals surface area (Å²) in [5.41, 5.74) is 0.682. The lowest BCUT2D eigenvalue weighted by Crippen LogP contribution is -2.25. The third-order valence-electron chi connectivity index (χ3n) is 5.76. The lowest BCUT2D eigenvalue weighted by Gasteiger charge is -2.22. The molecule has 8 nitrogen and oxygen atoms in total. The molecule has 3 rings (SSSR count). The van der Waals surface area contributed by atoms with Crippen molar-refractivity contribution in [2.24, 2.45) is 0 Å². The van der Waals surface area contributed by atoms with Gasteiger partial charge in [-0.3, -0.25) is 9.10 Å². The minimum absolute atomic E-state index is 0.0415. The quantitative estimate of drug-likeness (QED) is 0.389. The molecule has 0 aliphatic heterocycles. The number of ether oxygens (including phenoxy) is 3. The number of hydrogen-bond donors (Lipinski definition) is 1. The summed E-state index contributed by atoms with van der Waals surface area (Å²) >= 11 is 0. The van der Waals surface area contributed by atoms with E-state index in [0.29, 0.717) is 17.1 Å². The van der Waals surface area contributed by atoms with Crippen LogP contribution in [0.4, 0.5) is 24.5 Å². The van der Waals surface area contributed by atoms with Gasteiger partial charge in [0.15, 0.2) is 11.5 Å². The molecule has 0 aromatic heterocycles. The van der Waals surface area contributed by atoms with Crippen molar-refractivity contribution in [1.82, 2.24) is 0 Å². The number of amides is 1. The number of benzene rings is 3. The summed E-state index contributed by atoms with van der Waals surface area (Å²) < 4.78 is 81.2. The molecule has 0 saturated carbocycles. The maximum atomic E-state index is 13.2. The van der Waals surface area contributed by atoms with Gasteiger partial charge in [0.1, 0.15) is 12.4 Å². The van der Waals surface area contributed by atoms with Crippen LogP contribution in [0.2, 0.25) is 0 Å². The molecule has 0 bridgehead atoms. The van der Waals surface area contributed by atoms with E-state index in [2.05, 4.69) is 5.32 Å². The first-order valence-electron chi connectivity index (χ1n) is 11.2. The van der Waals surface area contributed by atoms with Gasteiger partial charge in [-0.2, -0.15) is 13.2 Å². The number of aryl methyl sites for hydroxylation is 1. The molecule has 0 aliphatic rings. The Morgan fingerprint density at radius 3 is 2.24 bits per heavy atom.